The van der Waals surface area contributed by atoms with Gasteiger partial charge in [0.2, 0.25) is 0 Å². The number of hydrogen-bond acceptors (Lipinski definition) is 5. The minimum absolute atomic E-state index is 0.0508. The van der Waals surface area contributed by atoms with Gasteiger partial charge in [-0.1, -0.05) is 6.08 Å². The van der Waals surface area contributed by atoms with Crippen molar-refractivity contribution in [2.75, 3.05) is 0 Å². The number of rotatable bonds is 2. The molecular formula is C8H6O6S. The maximum Gasteiger partial charge on any atom is 0.398 e. The van der Waals surface area contributed by atoms with Crippen LogP contribution in [0.25, 0.3) is 0 Å². The highest BCUT2D eigenvalue weighted by Gasteiger charge is 2.52. The van der Waals surface area contributed by atoms with Gasteiger partial charge in [-0.2, -0.15) is 8.42 Å². The highest BCUT2D eigenvalue weighted by molar-refractivity contribution is 7.81. The quantitative estimate of drug-likeness (QED) is 0.647. The number of fused-ring (bicyclic) bond motifs is 1. The van der Waals surface area contributed by atoms with E-state index in [9.17, 15) is 18.0 Å². The van der Waals surface area contributed by atoms with E-state index in [4.69, 9.17) is 4.55 Å². The zero-order valence-corrected chi connectivity index (χ0v) is 8.15. The molecule has 80 valence electrons. The predicted octanol–water partition coefficient (Wildman–Crippen LogP) is -0.417. The average molecular weight is 230 g/mol. The van der Waals surface area contributed by atoms with Crippen LogP contribution in [0, 0.1) is 0 Å². The first-order valence-corrected chi connectivity index (χ1v) is 5.37. The van der Waals surface area contributed by atoms with Crippen LogP contribution >= 0.6 is 0 Å². The summed E-state index contributed by atoms with van der Waals surface area (Å²) in [7, 11) is -4.79. The lowest BCUT2D eigenvalue weighted by atomic mass is 9.98. The molecule has 0 saturated carbocycles. The van der Waals surface area contributed by atoms with Crippen LogP contribution in [-0.2, 0) is 24.2 Å². The van der Waals surface area contributed by atoms with E-state index in [2.05, 4.69) is 4.18 Å². The Morgan fingerprint density at radius 1 is 1.40 bits per heavy atom. The first-order valence-electron chi connectivity index (χ1n) is 4.01. The molecule has 0 radical (unpaired) electrons. The van der Waals surface area contributed by atoms with E-state index in [1.807, 2.05) is 0 Å². The van der Waals surface area contributed by atoms with Gasteiger partial charge in [0.15, 0.2) is 17.2 Å². The molecule has 0 saturated heterocycles. The molecule has 6 nitrogen and oxygen atoms in total. The number of allylic oxidation sites excluding steroid dienone is 2. The van der Waals surface area contributed by atoms with Crippen molar-refractivity contribution in [2.45, 2.75) is 12.0 Å². The molecule has 1 N–H and O–H groups in total. The molecule has 2 aliphatic rings. The van der Waals surface area contributed by atoms with Gasteiger partial charge in [0.1, 0.15) is 0 Å². The molecule has 1 atom stereocenters. The van der Waals surface area contributed by atoms with Crippen LogP contribution in [0.5, 0.6) is 0 Å². The summed E-state index contributed by atoms with van der Waals surface area (Å²) in [6, 6.07) is 0. The Morgan fingerprint density at radius 2 is 2.07 bits per heavy atom. The summed E-state index contributed by atoms with van der Waals surface area (Å²) < 4.78 is 34.0. The lowest BCUT2D eigenvalue weighted by Crippen LogP contribution is -2.39. The van der Waals surface area contributed by atoms with Gasteiger partial charge in [-0.05, 0) is 12.2 Å². The van der Waals surface area contributed by atoms with Gasteiger partial charge < -0.3 is 0 Å². The zero-order chi connectivity index (χ0) is 11.3. The number of carbonyl (C=O) groups is 2. The molecule has 0 heterocycles. The molecule has 0 aromatic carbocycles. The SMILES string of the molecule is O=C1C=C[C@]2(OS(=O)(=O)O)C(=O)CC=C12. The standard InChI is InChI=1S/C8H6O6S/c9-6-3-4-8(14-15(11,12)13)5(6)1-2-7(8)10/h1,3-4H,2H2,(H,11,12,13)/t8-/m1/s1. The summed E-state index contributed by atoms with van der Waals surface area (Å²) in [5.74, 6) is -1.07. The Hall–Kier alpha value is -1.31. The summed E-state index contributed by atoms with van der Waals surface area (Å²) in [6.07, 6.45) is 3.31. The number of hydrogen-bond donors (Lipinski definition) is 1. The van der Waals surface area contributed by atoms with Gasteiger partial charge in [0, 0.05) is 12.0 Å². The topological polar surface area (TPSA) is 97.7 Å². The van der Waals surface area contributed by atoms with E-state index < -0.39 is 27.6 Å². The van der Waals surface area contributed by atoms with Crippen molar-refractivity contribution in [1.82, 2.24) is 0 Å². The average Bonchev–Trinajstić information content (AvgIpc) is 2.53. The zero-order valence-electron chi connectivity index (χ0n) is 7.34. The van der Waals surface area contributed by atoms with Crippen molar-refractivity contribution in [3.63, 3.8) is 0 Å². The lowest BCUT2D eigenvalue weighted by Gasteiger charge is -2.19. The van der Waals surface area contributed by atoms with Crippen molar-refractivity contribution < 1.29 is 26.7 Å². The van der Waals surface area contributed by atoms with Gasteiger partial charge >= 0.3 is 10.4 Å². The van der Waals surface area contributed by atoms with Crippen LogP contribution < -0.4 is 0 Å². The van der Waals surface area contributed by atoms with E-state index in [1.165, 1.54) is 6.08 Å². The second kappa shape index (κ2) is 2.84. The molecule has 0 unspecified atom stereocenters. The highest BCUT2D eigenvalue weighted by Crippen LogP contribution is 2.38. The minimum atomic E-state index is -4.79. The fourth-order valence-corrected chi connectivity index (χ4v) is 2.25. The molecule has 0 fully saturated rings. The second-order valence-corrected chi connectivity index (χ2v) is 4.21. The molecular weight excluding hydrogens is 224 g/mol. The Labute approximate surface area is 85.2 Å². The smallest absolute Gasteiger partial charge is 0.295 e. The summed E-state index contributed by atoms with van der Waals surface area (Å²) in [5, 5.41) is 0. The first kappa shape index (κ1) is 10.2. The summed E-state index contributed by atoms with van der Waals surface area (Å²) in [6.45, 7) is 0. The van der Waals surface area contributed by atoms with Gasteiger partial charge in [0.05, 0.1) is 0 Å². The molecule has 2 rings (SSSR count). The van der Waals surface area contributed by atoms with Crippen LogP contribution in [0.1, 0.15) is 6.42 Å². The third-order valence-corrected chi connectivity index (χ3v) is 2.75. The molecule has 2 aliphatic carbocycles. The predicted molar refractivity (Wildman–Crippen MR) is 47.2 cm³/mol. The van der Waals surface area contributed by atoms with E-state index >= 15 is 0 Å². The van der Waals surface area contributed by atoms with E-state index in [0.29, 0.717) is 0 Å². The second-order valence-electron chi connectivity index (χ2n) is 3.19. The third-order valence-electron chi connectivity index (χ3n) is 2.28. The Bertz CT molecular complexity index is 511. The van der Waals surface area contributed by atoms with Crippen LogP contribution in [0.2, 0.25) is 0 Å². The molecule has 0 bridgehead atoms. The molecule has 0 aliphatic heterocycles. The van der Waals surface area contributed by atoms with Crippen molar-refractivity contribution in [3.05, 3.63) is 23.8 Å². The molecule has 7 heteroatoms. The molecule has 15 heavy (non-hydrogen) atoms. The van der Waals surface area contributed by atoms with Crippen molar-refractivity contribution >= 4 is 22.0 Å². The fourth-order valence-electron chi connectivity index (χ4n) is 1.68. The maximum atomic E-state index is 11.4. The van der Waals surface area contributed by atoms with Crippen LogP contribution in [0.4, 0.5) is 0 Å². The molecule has 0 aromatic heterocycles. The minimum Gasteiger partial charge on any atom is -0.295 e. The Kier molecular flexibility index (Phi) is 1.94. The van der Waals surface area contributed by atoms with E-state index in [0.717, 1.165) is 12.2 Å². The van der Waals surface area contributed by atoms with Gasteiger partial charge in [-0.15, -0.1) is 0 Å². The number of Topliss-reactive ketones (excluding diaryl/α,β-unsaturated/α-hetero) is 1. The fraction of sp³-hybridized carbons (Fsp3) is 0.250. The van der Waals surface area contributed by atoms with E-state index in [-0.39, 0.29) is 12.0 Å². The Morgan fingerprint density at radius 3 is 2.67 bits per heavy atom. The summed E-state index contributed by atoms with van der Waals surface area (Å²) in [5.41, 5.74) is -1.98. The number of carbonyl (C=O) groups excluding carboxylic acids is 2. The van der Waals surface area contributed by atoms with Crippen molar-refractivity contribution in [1.29, 1.82) is 0 Å². The molecule has 0 aromatic rings. The number of ketones is 2. The summed E-state index contributed by atoms with van der Waals surface area (Å²) >= 11 is 0. The highest BCUT2D eigenvalue weighted by atomic mass is 32.3. The van der Waals surface area contributed by atoms with Crippen molar-refractivity contribution in [2.24, 2.45) is 0 Å². The maximum absolute atomic E-state index is 11.4. The van der Waals surface area contributed by atoms with Crippen LogP contribution in [0.15, 0.2) is 23.8 Å². The molecule has 0 spiro atoms. The lowest BCUT2D eigenvalue weighted by molar-refractivity contribution is -0.127. The largest absolute Gasteiger partial charge is 0.398 e. The van der Waals surface area contributed by atoms with Crippen molar-refractivity contribution in [3.8, 4) is 0 Å². The Balaban J connectivity index is 2.50. The third kappa shape index (κ3) is 1.44. The van der Waals surface area contributed by atoms with E-state index in [1.54, 1.807) is 0 Å². The summed E-state index contributed by atoms with van der Waals surface area (Å²) in [4.78, 5) is 22.7. The monoisotopic (exact) mass is 230 g/mol. The van der Waals surface area contributed by atoms with Crippen LogP contribution in [-0.4, -0.2) is 30.1 Å². The van der Waals surface area contributed by atoms with Crippen LogP contribution in [0.3, 0.4) is 0 Å². The van der Waals surface area contributed by atoms with Gasteiger partial charge in [0.25, 0.3) is 0 Å². The normalized spacial score (nSPS) is 29.5. The first-order chi connectivity index (χ1) is 6.85. The van der Waals surface area contributed by atoms with Gasteiger partial charge in [-0.25, -0.2) is 4.18 Å². The molecule has 0 amide bonds. The van der Waals surface area contributed by atoms with Gasteiger partial charge in [-0.3, -0.25) is 14.1 Å².